The summed E-state index contributed by atoms with van der Waals surface area (Å²) in [6.07, 6.45) is 6.15. The van der Waals surface area contributed by atoms with Gasteiger partial charge in [0, 0.05) is 25.8 Å². The summed E-state index contributed by atoms with van der Waals surface area (Å²) < 4.78 is 11.5. The molecule has 2 N–H and O–H groups in total. The highest BCUT2D eigenvalue weighted by Gasteiger charge is 2.28. The van der Waals surface area contributed by atoms with Gasteiger partial charge in [-0.1, -0.05) is 19.8 Å². The average Bonchev–Trinajstić information content (AvgIpc) is 2.75. The molecule has 1 aromatic rings. The van der Waals surface area contributed by atoms with Crippen LogP contribution < -0.4 is 4.74 Å². The number of nitro groups is 1. The second-order valence-corrected chi connectivity index (χ2v) is 7.33. The minimum atomic E-state index is -1.82. The Morgan fingerprint density at radius 2 is 1.84 bits per heavy atom. The Morgan fingerprint density at radius 3 is 2.35 bits per heavy atom. The monoisotopic (exact) mass is 440 g/mol. The molecule has 2 atom stereocenters. The molecule has 0 aliphatic carbocycles. The highest BCUT2D eigenvalue weighted by Crippen LogP contribution is 2.24. The normalized spacial score (nSPS) is 18.5. The lowest BCUT2D eigenvalue weighted by Crippen LogP contribution is -2.45. The first kappa shape index (κ1) is 26.3. The molecule has 0 saturated carbocycles. The van der Waals surface area contributed by atoms with E-state index >= 15 is 0 Å². The second-order valence-electron chi connectivity index (χ2n) is 7.33. The number of hydrogen-bond acceptors (Lipinski definition) is 7. The molecule has 1 aromatic carbocycles. The molecule has 10 heteroatoms. The Labute approximate surface area is 181 Å². The van der Waals surface area contributed by atoms with E-state index in [-0.39, 0.29) is 11.8 Å². The van der Waals surface area contributed by atoms with Crippen LogP contribution in [0.1, 0.15) is 39.0 Å². The SMILES string of the molecule is CCCCCN1CC[C@@H](CCOc2ccc([N+](=O)[O-])cc2)[C@H](OC)C1.O=C(O)C(=O)O. The van der Waals surface area contributed by atoms with Gasteiger partial charge in [-0.15, -0.1) is 0 Å². The topological polar surface area (TPSA) is 139 Å². The molecule has 1 heterocycles. The first-order chi connectivity index (χ1) is 14.8. The second kappa shape index (κ2) is 14.3. The molecular formula is C21H32N2O8. The average molecular weight is 440 g/mol. The number of aliphatic carboxylic acids is 2. The summed E-state index contributed by atoms with van der Waals surface area (Å²) >= 11 is 0. The van der Waals surface area contributed by atoms with E-state index in [1.807, 2.05) is 0 Å². The number of hydrogen-bond donors (Lipinski definition) is 2. The van der Waals surface area contributed by atoms with E-state index in [2.05, 4.69) is 11.8 Å². The van der Waals surface area contributed by atoms with Crippen molar-refractivity contribution in [2.75, 3.05) is 33.4 Å². The van der Waals surface area contributed by atoms with Gasteiger partial charge in [0.1, 0.15) is 5.75 Å². The maximum absolute atomic E-state index is 10.7. The Hall–Kier alpha value is -2.72. The maximum Gasteiger partial charge on any atom is 0.414 e. The van der Waals surface area contributed by atoms with E-state index in [1.165, 1.54) is 37.9 Å². The Kier molecular flexibility index (Phi) is 12.2. The third kappa shape index (κ3) is 10.2. The summed E-state index contributed by atoms with van der Waals surface area (Å²) in [5.74, 6) is -2.47. The minimum absolute atomic E-state index is 0.0854. The zero-order chi connectivity index (χ0) is 23.2. The highest BCUT2D eigenvalue weighted by molar-refractivity contribution is 6.27. The quantitative estimate of drug-likeness (QED) is 0.243. The summed E-state index contributed by atoms with van der Waals surface area (Å²) in [7, 11) is 1.80. The van der Waals surface area contributed by atoms with Crippen molar-refractivity contribution in [1.82, 2.24) is 4.90 Å². The standard InChI is InChI=1S/C19H30N2O4.C2H2O4/c1-3-4-5-12-20-13-10-16(19(15-20)24-2)11-14-25-18-8-6-17(7-9-18)21(22)23;3-1(4)2(5)6/h6-9,16,19H,3-5,10-15H2,1-2H3;(H,3,4)(H,5,6)/t16-,19+;/m0./s1. The van der Waals surface area contributed by atoms with Crippen molar-refractivity contribution in [2.45, 2.75) is 45.1 Å². The van der Waals surface area contributed by atoms with Gasteiger partial charge in [-0.3, -0.25) is 10.1 Å². The lowest BCUT2D eigenvalue weighted by molar-refractivity contribution is -0.384. The third-order valence-corrected chi connectivity index (χ3v) is 5.15. The number of carbonyl (C=O) groups is 2. The fourth-order valence-electron chi connectivity index (χ4n) is 3.41. The van der Waals surface area contributed by atoms with Crippen molar-refractivity contribution in [3.63, 3.8) is 0 Å². The van der Waals surface area contributed by atoms with Crippen LogP contribution in [0, 0.1) is 16.0 Å². The van der Waals surface area contributed by atoms with Gasteiger partial charge in [0.05, 0.1) is 17.6 Å². The lowest BCUT2D eigenvalue weighted by atomic mass is 9.91. The van der Waals surface area contributed by atoms with Crippen LogP contribution in [-0.4, -0.2) is 71.4 Å². The molecule has 0 bridgehead atoms. The number of carboxylic acid groups (broad SMARTS) is 2. The molecule has 0 radical (unpaired) electrons. The van der Waals surface area contributed by atoms with Crippen molar-refractivity contribution < 1.29 is 34.2 Å². The molecule has 0 unspecified atom stereocenters. The summed E-state index contributed by atoms with van der Waals surface area (Å²) in [6, 6.07) is 6.26. The fraction of sp³-hybridized carbons (Fsp3) is 0.619. The number of nitrogens with zero attached hydrogens (tertiary/aromatic N) is 2. The highest BCUT2D eigenvalue weighted by atomic mass is 16.6. The number of piperidine rings is 1. The minimum Gasteiger partial charge on any atom is -0.494 e. The number of methoxy groups -OCH3 is 1. The Bertz CT molecular complexity index is 683. The number of benzene rings is 1. The van der Waals surface area contributed by atoms with Crippen LogP contribution in [0.4, 0.5) is 5.69 Å². The molecule has 0 aromatic heterocycles. The number of ether oxygens (including phenoxy) is 2. The molecule has 1 aliphatic heterocycles. The Balaban J connectivity index is 0.000000703. The predicted molar refractivity (Wildman–Crippen MR) is 113 cm³/mol. The number of unbranched alkanes of at least 4 members (excludes halogenated alkanes) is 2. The molecule has 0 spiro atoms. The van der Waals surface area contributed by atoms with Gasteiger partial charge in [-0.2, -0.15) is 0 Å². The van der Waals surface area contributed by atoms with Crippen LogP contribution in [0.3, 0.4) is 0 Å². The molecule has 174 valence electrons. The molecule has 1 saturated heterocycles. The molecule has 10 nitrogen and oxygen atoms in total. The zero-order valence-electron chi connectivity index (χ0n) is 18.1. The summed E-state index contributed by atoms with van der Waals surface area (Å²) in [6.45, 7) is 6.14. The number of non-ortho nitro benzene ring substituents is 1. The van der Waals surface area contributed by atoms with E-state index in [1.54, 1.807) is 19.2 Å². The van der Waals surface area contributed by atoms with Crippen molar-refractivity contribution in [1.29, 1.82) is 0 Å². The lowest BCUT2D eigenvalue weighted by Gasteiger charge is -2.37. The summed E-state index contributed by atoms with van der Waals surface area (Å²) in [5, 5.41) is 25.4. The van der Waals surface area contributed by atoms with Crippen LogP contribution in [-0.2, 0) is 14.3 Å². The van der Waals surface area contributed by atoms with Gasteiger partial charge in [-0.25, -0.2) is 9.59 Å². The Morgan fingerprint density at radius 1 is 1.19 bits per heavy atom. The van der Waals surface area contributed by atoms with Crippen LogP contribution in [0.2, 0.25) is 0 Å². The van der Waals surface area contributed by atoms with E-state index in [0.29, 0.717) is 18.3 Å². The van der Waals surface area contributed by atoms with Crippen LogP contribution in [0.15, 0.2) is 24.3 Å². The van der Waals surface area contributed by atoms with Crippen LogP contribution >= 0.6 is 0 Å². The summed E-state index contributed by atoms with van der Waals surface area (Å²) in [4.78, 5) is 31.0. The largest absolute Gasteiger partial charge is 0.494 e. The van der Waals surface area contributed by atoms with Gasteiger partial charge >= 0.3 is 11.9 Å². The van der Waals surface area contributed by atoms with Crippen LogP contribution in [0.5, 0.6) is 5.75 Å². The van der Waals surface area contributed by atoms with Crippen molar-refractivity contribution in [3.8, 4) is 5.75 Å². The van der Waals surface area contributed by atoms with E-state index < -0.39 is 16.9 Å². The summed E-state index contributed by atoms with van der Waals surface area (Å²) in [5.41, 5.74) is 0.0854. The predicted octanol–water partition coefficient (Wildman–Crippen LogP) is 3.05. The maximum atomic E-state index is 10.7. The van der Waals surface area contributed by atoms with E-state index in [9.17, 15) is 10.1 Å². The first-order valence-corrected chi connectivity index (χ1v) is 10.4. The van der Waals surface area contributed by atoms with Gasteiger partial charge in [0.25, 0.3) is 5.69 Å². The van der Waals surface area contributed by atoms with Crippen molar-refractivity contribution in [2.24, 2.45) is 5.92 Å². The number of carboxylic acids is 2. The van der Waals surface area contributed by atoms with Crippen molar-refractivity contribution in [3.05, 3.63) is 34.4 Å². The smallest absolute Gasteiger partial charge is 0.414 e. The first-order valence-electron chi connectivity index (χ1n) is 10.4. The van der Waals surface area contributed by atoms with Crippen molar-refractivity contribution >= 4 is 17.6 Å². The molecular weight excluding hydrogens is 408 g/mol. The van der Waals surface area contributed by atoms with Gasteiger partial charge < -0.3 is 24.6 Å². The number of nitro benzene ring substituents is 1. The molecule has 1 aliphatic rings. The number of likely N-dealkylation sites (tertiary alicyclic amines) is 1. The van der Waals surface area contributed by atoms with E-state index in [0.717, 1.165) is 25.9 Å². The fourth-order valence-corrected chi connectivity index (χ4v) is 3.41. The van der Waals surface area contributed by atoms with Gasteiger partial charge in [0.2, 0.25) is 0 Å². The molecule has 0 amide bonds. The van der Waals surface area contributed by atoms with Crippen LogP contribution in [0.25, 0.3) is 0 Å². The third-order valence-electron chi connectivity index (χ3n) is 5.15. The molecule has 2 rings (SSSR count). The van der Waals surface area contributed by atoms with Gasteiger partial charge in [0.15, 0.2) is 0 Å². The van der Waals surface area contributed by atoms with E-state index in [4.69, 9.17) is 29.3 Å². The molecule has 1 fully saturated rings. The zero-order valence-corrected chi connectivity index (χ0v) is 18.1. The molecule has 31 heavy (non-hydrogen) atoms. The van der Waals surface area contributed by atoms with Gasteiger partial charge in [-0.05, 0) is 50.4 Å². The number of rotatable bonds is 10.